The van der Waals surface area contributed by atoms with Crippen molar-refractivity contribution in [2.75, 3.05) is 13.1 Å². The van der Waals surface area contributed by atoms with E-state index in [9.17, 15) is 9.59 Å². The summed E-state index contributed by atoms with van der Waals surface area (Å²) in [4.78, 5) is 25.6. The summed E-state index contributed by atoms with van der Waals surface area (Å²) >= 11 is 6.07. The molecule has 0 aliphatic heterocycles. The first-order valence-corrected chi connectivity index (χ1v) is 9.21. The SMILES string of the molecule is CCN(CC(=O)O)C1CC(NC(=O)C(c2cccc(Cl)c2)C(C)C)C1. The van der Waals surface area contributed by atoms with E-state index in [1.54, 1.807) is 6.07 Å². The Labute approximate surface area is 154 Å². The summed E-state index contributed by atoms with van der Waals surface area (Å²) in [7, 11) is 0. The molecule has 5 nitrogen and oxygen atoms in total. The van der Waals surface area contributed by atoms with Crippen molar-refractivity contribution in [3.63, 3.8) is 0 Å². The Balaban J connectivity index is 1.94. The van der Waals surface area contributed by atoms with Gasteiger partial charge in [0.2, 0.25) is 5.91 Å². The number of carbonyl (C=O) groups is 2. The van der Waals surface area contributed by atoms with E-state index in [1.807, 2.05) is 43.9 Å². The summed E-state index contributed by atoms with van der Waals surface area (Å²) in [6.45, 7) is 6.78. The Bertz CT molecular complexity index is 614. The van der Waals surface area contributed by atoms with Crippen molar-refractivity contribution in [2.24, 2.45) is 5.92 Å². The van der Waals surface area contributed by atoms with Crippen LogP contribution in [0.4, 0.5) is 0 Å². The molecule has 1 fully saturated rings. The zero-order valence-corrected chi connectivity index (χ0v) is 15.8. The molecule has 1 aliphatic carbocycles. The molecule has 0 spiro atoms. The Kier molecular flexibility index (Phi) is 6.85. The van der Waals surface area contributed by atoms with Crippen LogP contribution in [0.5, 0.6) is 0 Å². The molecular weight excluding hydrogens is 340 g/mol. The quantitative estimate of drug-likeness (QED) is 0.741. The molecule has 1 saturated carbocycles. The van der Waals surface area contributed by atoms with Crippen molar-refractivity contribution >= 4 is 23.5 Å². The van der Waals surface area contributed by atoms with Crippen molar-refractivity contribution in [2.45, 2.75) is 51.6 Å². The lowest BCUT2D eigenvalue weighted by molar-refractivity contribution is -0.140. The average molecular weight is 367 g/mol. The summed E-state index contributed by atoms with van der Waals surface area (Å²) in [5.74, 6) is -0.871. The van der Waals surface area contributed by atoms with E-state index < -0.39 is 5.97 Å². The number of aliphatic carboxylic acids is 1. The van der Waals surface area contributed by atoms with Gasteiger partial charge in [0, 0.05) is 17.1 Å². The number of halogens is 1. The summed E-state index contributed by atoms with van der Waals surface area (Å²) < 4.78 is 0. The monoisotopic (exact) mass is 366 g/mol. The molecule has 6 heteroatoms. The molecule has 1 aliphatic rings. The third-order valence-corrected chi connectivity index (χ3v) is 5.11. The van der Waals surface area contributed by atoms with Crippen LogP contribution in [-0.4, -0.2) is 47.1 Å². The molecule has 0 heterocycles. The predicted octanol–water partition coefficient (Wildman–Crippen LogP) is 3.13. The topological polar surface area (TPSA) is 69.6 Å². The lowest BCUT2D eigenvalue weighted by atomic mass is 9.83. The van der Waals surface area contributed by atoms with Crippen LogP contribution in [0, 0.1) is 5.92 Å². The Morgan fingerprint density at radius 1 is 1.36 bits per heavy atom. The normalized spacial score (nSPS) is 21.0. The second kappa shape index (κ2) is 8.68. The molecule has 2 N–H and O–H groups in total. The van der Waals surface area contributed by atoms with Gasteiger partial charge in [-0.05, 0) is 43.0 Å². The van der Waals surface area contributed by atoms with E-state index in [1.165, 1.54) is 0 Å². The minimum Gasteiger partial charge on any atom is -0.480 e. The predicted molar refractivity (Wildman–Crippen MR) is 98.9 cm³/mol. The standard InChI is InChI=1S/C19H27ClN2O3/c1-4-22(11-17(23)24)16-9-15(10-16)21-19(25)18(12(2)3)13-6-5-7-14(20)8-13/h5-8,12,15-16,18H,4,9-11H2,1-3H3,(H,21,25)(H,23,24). The molecule has 2 rings (SSSR count). The van der Waals surface area contributed by atoms with E-state index >= 15 is 0 Å². The third-order valence-electron chi connectivity index (χ3n) is 4.88. The maximum atomic E-state index is 12.8. The number of amides is 1. The van der Waals surface area contributed by atoms with Gasteiger partial charge in [0.05, 0.1) is 12.5 Å². The van der Waals surface area contributed by atoms with Crippen LogP contribution in [0.1, 0.15) is 45.1 Å². The minimum absolute atomic E-state index is 0.0157. The highest BCUT2D eigenvalue weighted by Crippen LogP contribution is 2.30. The molecule has 0 saturated heterocycles. The number of hydrogen-bond donors (Lipinski definition) is 2. The van der Waals surface area contributed by atoms with Gasteiger partial charge in [-0.3, -0.25) is 14.5 Å². The maximum Gasteiger partial charge on any atom is 0.317 e. The smallest absolute Gasteiger partial charge is 0.317 e. The third kappa shape index (κ3) is 5.19. The van der Waals surface area contributed by atoms with E-state index in [0.717, 1.165) is 18.4 Å². The van der Waals surface area contributed by atoms with Crippen molar-refractivity contribution in [1.29, 1.82) is 0 Å². The molecule has 0 radical (unpaired) electrons. The summed E-state index contributed by atoms with van der Waals surface area (Å²) in [5.41, 5.74) is 0.928. The number of nitrogens with one attached hydrogen (secondary N) is 1. The van der Waals surface area contributed by atoms with Gasteiger partial charge < -0.3 is 10.4 Å². The van der Waals surface area contributed by atoms with Gasteiger partial charge in [-0.25, -0.2) is 0 Å². The van der Waals surface area contributed by atoms with Crippen LogP contribution in [-0.2, 0) is 9.59 Å². The number of rotatable bonds is 8. The zero-order chi connectivity index (χ0) is 18.6. The van der Waals surface area contributed by atoms with Crippen LogP contribution in [0.25, 0.3) is 0 Å². The number of likely N-dealkylation sites (N-methyl/N-ethyl adjacent to an activating group) is 1. The van der Waals surface area contributed by atoms with Crippen molar-refractivity contribution in [1.82, 2.24) is 10.2 Å². The molecule has 1 unspecified atom stereocenters. The van der Waals surface area contributed by atoms with Gasteiger partial charge >= 0.3 is 5.97 Å². The molecule has 1 aromatic rings. The van der Waals surface area contributed by atoms with Crippen LogP contribution in [0.3, 0.4) is 0 Å². The average Bonchev–Trinajstić information content (AvgIpc) is 2.48. The molecule has 1 aromatic carbocycles. The van der Waals surface area contributed by atoms with Crippen LogP contribution >= 0.6 is 11.6 Å². The van der Waals surface area contributed by atoms with E-state index in [4.69, 9.17) is 16.7 Å². The van der Waals surface area contributed by atoms with E-state index in [-0.39, 0.29) is 36.4 Å². The van der Waals surface area contributed by atoms with Gasteiger partial charge in [0.1, 0.15) is 0 Å². The fourth-order valence-corrected chi connectivity index (χ4v) is 3.71. The van der Waals surface area contributed by atoms with Gasteiger partial charge in [-0.1, -0.05) is 44.5 Å². The van der Waals surface area contributed by atoms with Gasteiger partial charge in [0.25, 0.3) is 0 Å². The number of carboxylic acid groups (broad SMARTS) is 1. The van der Waals surface area contributed by atoms with Gasteiger partial charge in [-0.2, -0.15) is 0 Å². The number of nitrogens with zero attached hydrogens (tertiary/aromatic N) is 1. The van der Waals surface area contributed by atoms with Crippen LogP contribution in [0.2, 0.25) is 5.02 Å². The second-order valence-corrected chi connectivity index (χ2v) is 7.50. The van der Waals surface area contributed by atoms with Gasteiger partial charge in [0.15, 0.2) is 0 Å². The molecule has 0 aromatic heterocycles. The lowest BCUT2D eigenvalue weighted by Crippen LogP contribution is -2.55. The first kappa shape index (κ1) is 19.7. The first-order chi connectivity index (χ1) is 11.8. The summed E-state index contributed by atoms with van der Waals surface area (Å²) in [6.07, 6.45) is 1.60. The van der Waals surface area contributed by atoms with Crippen molar-refractivity contribution in [3.05, 3.63) is 34.9 Å². The minimum atomic E-state index is -0.810. The number of carbonyl (C=O) groups excluding carboxylic acids is 1. The summed E-state index contributed by atoms with van der Waals surface area (Å²) in [5, 5.41) is 12.7. The fourth-order valence-electron chi connectivity index (χ4n) is 3.51. The zero-order valence-electron chi connectivity index (χ0n) is 15.0. The van der Waals surface area contributed by atoms with Crippen molar-refractivity contribution < 1.29 is 14.7 Å². The number of benzene rings is 1. The Morgan fingerprint density at radius 3 is 2.56 bits per heavy atom. The van der Waals surface area contributed by atoms with Crippen molar-refractivity contribution in [3.8, 4) is 0 Å². The molecular formula is C19H27ClN2O3. The van der Waals surface area contributed by atoms with Gasteiger partial charge in [-0.15, -0.1) is 0 Å². The number of carboxylic acids is 1. The second-order valence-electron chi connectivity index (χ2n) is 7.06. The molecule has 1 amide bonds. The van der Waals surface area contributed by atoms with E-state index in [2.05, 4.69) is 5.32 Å². The van der Waals surface area contributed by atoms with Crippen LogP contribution in [0.15, 0.2) is 24.3 Å². The lowest BCUT2D eigenvalue weighted by Gasteiger charge is -2.42. The highest BCUT2D eigenvalue weighted by Gasteiger charge is 2.36. The summed E-state index contributed by atoms with van der Waals surface area (Å²) in [6, 6.07) is 7.80. The van der Waals surface area contributed by atoms with E-state index in [0.29, 0.717) is 11.6 Å². The first-order valence-electron chi connectivity index (χ1n) is 8.83. The Hall–Kier alpha value is -1.59. The molecule has 1 atom stereocenters. The number of hydrogen-bond acceptors (Lipinski definition) is 3. The Morgan fingerprint density at radius 2 is 2.04 bits per heavy atom. The largest absolute Gasteiger partial charge is 0.480 e. The van der Waals surface area contributed by atoms with Crippen LogP contribution < -0.4 is 5.32 Å². The molecule has 138 valence electrons. The molecule has 25 heavy (non-hydrogen) atoms. The highest BCUT2D eigenvalue weighted by atomic mass is 35.5. The fraction of sp³-hybridized carbons (Fsp3) is 0.579. The maximum absolute atomic E-state index is 12.8. The highest BCUT2D eigenvalue weighted by molar-refractivity contribution is 6.30. The molecule has 0 bridgehead atoms.